The summed E-state index contributed by atoms with van der Waals surface area (Å²) in [5.74, 6) is -0.124. The number of ether oxygens (including phenoxy) is 3. The van der Waals surface area contributed by atoms with Gasteiger partial charge < -0.3 is 35.5 Å². The molecule has 2 aliphatic rings. The molecule has 0 bridgehead atoms. The van der Waals surface area contributed by atoms with Crippen LogP contribution < -0.4 is 21.3 Å². The number of alkyl carbamates (subject to hydrolysis) is 1. The van der Waals surface area contributed by atoms with Gasteiger partial charge in [0.25, 0.3) is 0 Å². The number of carbonyl (C=O) groups excluding carboxylic acids is 2. The van der Waals surface area contributed by atoms with E-state index in [0.717, 1.165) is 43.6 Å². The molecule has 2 fully saturated rings. The molecule has 208 valence electrons. The van der Waals surface area contributed by atoms with Crippen molar-refractivity contribution in [2.75, 3.05) is 60.2 Å². The van der Waals surface area contributed by atoms with Crippen molar-refractivity contribution in [2.24, 2.45) is 17.8 Å². The van der Waals surface area contributed by atoms with Crippen molar-refractivity contribution in [1.82, 2.24) is 21.3 Å². The summed E-state index contributed by atoms with van der Waals surface area (Å²) in [5, 5.41) is 12.5. The summed E-state index contributed by atoms with van der Waals surface area (Å²) in [6, 6.07) is 4.72. The number of halogens is 1. The van der Waals surface area contributed by atoms with E-state index in [1.54, 1.807) is 6.07 Å². The van der Waals surface area contributed by atoms with Gasteiger partial charge in [0.1, 0.15) is 5.82 Å². The fraction of sp³-hybridized carbons (Fsp3) is 0.704. The van der Waals surface area contributed by atoms with Crippen LogP contribution in [0.5, 0.6) is 0 Å². The Morgan fingerprint density at radius 2 is 2.14 bits per heavy atom. The number of nitrogens with one attached hydrogen (secondary N) is 4. The Kier molecular flexibility index (Phi) is 12.0. The zero-order valence-corrected chi connectivity index (χ0v) is 22.3. The van der Waals surface area contributed by atoms with Crippen LogP contribution in [0.3, 0.4) is 0 Å². The molecule has 10 heteroatoms. The lowest BCUT2D eigenvalue weighted by Gasteiger charge is -2.36. The van der Waals surface area contributed by atoms with Gasteiger partial charge in [-0.25, -0.2) is 9.18 Å². The molecular weight excluding hydrogens is 479 g/mol. The Morgan fingerprint density at radius 3 is 2.86 bits per heavy atom. The molecule has 2 heterocycles. The van der Waals surface area contributed by atoms with E-state index in [-0.39, 0.29) is 42.8 Å². The van der Waals surface area contributed by atoms with Crippen molar-refractivity contribution in [2.45, 2.75) is 44.8 Å². The maximum atomic E-state index is 14.2. The zero-order valence-electron chi connectivity index (χ0n) is 22.3. The first-order valence-corrected chi connectivity index (χ1v) is 13.3. The first-order valence-electron chi connectivity index (χ1n) is 13.3. The van der Waals surface area contributed by atoms with Crippen LogP contribution in [0.25, 0.3) is 0 Å². The van der Waals surface area contributed by atoms with Gasteiger partial charge in [-0.3, -0.25) is 4.79 Å². The van der Waals surface area contributed by atoms with Gasteiger partial charge in [-0.05, 0) is 68.8 Å². The van der Waals surface area contributed by atoms with Crippen LogP contribution in [0.1, 0.15) is 42.9 Å². The minimum atomic E-state index is -0.533. The summed E-state index contributed by atoms with van der Waals surface area (Å²) in [7, 11) is 3.20. The highest BCUT2D eigenvalue weighted by atomic mass is 19.1. The van der Waals surface area contributed by atoms with Crippen molar-refractivity contribution in [3.63, 3.8) is 0 Å². The van der Waals surface area contributed by atoms with Crippen LogP contribution in [-0.2, 0) is 19.0 Å². The highest BCUT2D eigenvalue weighted by Crippen LogP contribution is 2.35. The minimum Gasteiger partial charge on any atom is -0.453 e. The molecule has 1 aromatic rings. The van der Waals surface area contributed by atoms with Crippen LogP contribution >= 0.6 is 0 Å². The quantitative estimate of drug-likeness (QED) is 0.312. The molecule has 0 aromatic heterocycles. The van der Waals surface area contributed by atoms with Crippen LogP contribution in [0, 0.1) is 30.5 Å². The zero-order chi connectivity index (χ0) is 26.6. The number of carbonyl (C=O) groups is 2. The number of aryl methyl sites for hydroxylation is 1. The van der Waals surface area contributed by atoms with Crippen LogP contribution in [-0.4, -0.2) is 78.2 Å². The summed E-state index contributed by atoms with van der Waals surface area (Å²) in [6.45, 7) is 5.92. The van der Waals surface area contributed by atoms with E-state index in [0.29, 0.717) is 32.0 Å². The lowest BCUT2D eigenvalue weighted by Crippen LogP contribution is -2.50. The number of benzene rings is 1. The topological polar surface area (TPSA) is 110 Å². The second-order valence-electron chi connectivity index (χ2n) is 10.1. The Hall–Kier alpha value is -2.27. The molecule has 2 unspecified atom stereocenters. The second kappa shape index (κ2) is 15.2. The summed E-state index contributed by atoms with van der Waals surface area (Å²) in [4.78, 5) is 24.7. The highest BCUT2D eigenvalue weighted by Gasteiger charge is 2.35. The van der Waals surface area contributed by atoms with Gasteiger partial charge in [0, 0.05) is 51.4 Å². The fourth-order valence-corrected chi connectivity index (χ4v) is 5.37. The molecule has 1 aromatic carbocycles. The van der Waals surface area contributed by atoms with E-state index >= 15 is 0 Å². The number of likely N-dealkylation sites (N-methyl/N-ethyl adjacent to an activating group) is 1. The first kappa shape index (κ1) is 29.3. The van der Waals surface area contributed by atoms with Crippen LogP contribution in [0.15, 0.2) is 18.2 Å². The predicted molar refractivity (Wildman–Crippen MR) is 139 cm³/mol. The molecule has 2 aliphatic heterocycles. The van der Waals surface area contributed by atoms with Gasteiger partial charge in [0.2, 0.25) is 5.91 Å². The van der Waals surface area contributed by atoms with E-state index in [1.165, 1.54) is 19.2 Å². The number of rotatable bonds is 12. The van der Waals surface area contributed by atoms with Gasteiger partial charge in [0.05, 0.1) is 25.7 Å². The molecule has 0 spiro atoms. The minimum absolute atomic E-state index is 0.0243. The lowest BCUT2D eigenvalue weighted by atomic mass is 9.82. The van der Waals surface area contributed by atoms with Crippen molar-refractivity contribution in [3.8, 4) is 0 Å². The Labute approximate surface area is 219 Å². The fourth-order valence-electron chi connectivity index (χ4n) is 5.37. The van der Waals surface area contributed by atoms with Gasteiger partial charge in [-0.2, -0.15) is 0 Å². The standard InChI is InChI=1S/C27H43FN4O5/c1-18-6-7-22(28)13-24(18)25(37-10-8-31-27(34)35-3)20-12-21(15-30-14-20)26(33)32-23(16-29-2)11-19-5-4-9-36-17-19/h6-7,13,19-21,23,25,29-30H,4-5,8-12,14-17H2,1-3H3,(H,31,34)(H,32,33)/t19-,20?,21?,23-,25-/m1/s1. The van der Waals surface area contributed by atoms with Crippen LogP contribution in [0.4, 0.5) is 9.18 Å². The van der Waals surface area contributed by atoms with Gasteiger partial charge in [-0.15, -0.1) is 0 Å². The third-order valence-electron chi connectivity index (χ3n) is 7.25. The van der Waals surface area contributed by atoms with Crippen molar-refractivity contribution >= 4 is 12.0 Å². The summed E-state index contributed by atoms with van der Waals surface area (Å²) < 4.78 is 30.7. The smallest absolute Gasteiger partial charge is 0.406 e. The molecule has 4 N–H and O–H groups in total. The molecule has 3 rings (SSSR count). The number of hydrogen-bond acceptors (Lipinski definition) is 7. The van der Waals surface area contributed by atoms with Crippen LogP contribution in [0.2, 0.25) is 0 Å². The average Bonchev–Trinajstić information content (AvgIpc) is 2.91. The Bertz CT molecular complexity index is 867. The van der Waals surface area contributed by atoms with E-state index < -0.39 is 12.2 Å². The number of piperidine rings is 1. The number of methoxy groups -OCH3 is 1. The van der Waals surface area contributed by atoms with E-state index in [9.17, 15) is 14.0 Å². The predicted octanol–water partition coefficient (Wildman–Crippen LogP) is 2.29. The van der Waals surface area contributed by atoms with E-state index in [4.69, 9.17) is 9.47 Å². The molecular formula is C27H43FN4O5. The first-order chi connectivity index (χ1) is 17.9. The lowest BCUT2D eigenvalue weighted by molar-refractivity contribution is -0.127. The molecule has 0 aliphatic carbocycles. The normalized spacial score (nSPS) is 23.6. The van der Waals surface area contributed by atoms with Gasteiger partial charge in [-0.1, -0.05) is 6.07 Å². The summed E-state index contributed by atoms with van der Waals surface area (Å²) in [6.07, 6.45) is 2.73. The Morgan fingerprint density at radius 1 is 1.30 bits per heavy atom. The van der Waals surface area contributed by atoms with E-state index in [2.05, 4.69) is 26.0 Å². The summed E-state index contributed by atoms with van der Waals surface area (Å²) in [5.41, 5.74) is 1.68. The third-order valence-corrected chi connectivity index (χ3v) is 7.25. The van der Waals surface area contributed by atoms with Crippen molar-refractivity contribution in [1.29, 1.82) is 0 Å². The SMILES string of the molecule is CNC[C@@H](C[C@H]1CCCOC1)NC(=O)C1CNCC([C@@H](OCCNC(=O)OC)c2cc(F)ccc2C)C1. The molecule has 9 nitrogen and oxygen atoms in total. The summed E-state index contributed by atoms with van der Waals surface area (Å²) >= 11 is 0. The van der Waals surface area contributed by atoms with E-state index in [1.807, 2.05) is 14.0 Å². The molecule has 0 radical (unpaired) electrons. The van der Waals surface area contributed by atoms with Crippen molar-refractivity contribution in [3.05, 3.63) is 35.1 Å². The second-order valence-corrected chi connectivity index (χ2v) is 10.1. The average molecular weight is 523 g/mol. The monoisotopic (exact) mass is 522 g/mol. The molecule has 0 saturated carbocycles. The largest absolute Gasteiger partial charge is 0.453 e. The maximum absolute atomic E-state index is 14.2. The molecule has 2 saturated heterocycles. The number of amides is 2. The molecule has 2 amide bonds. The molecule has 5 atom stereocenters. The highest BCUT2D eigenvalue weighted by molar-refractivity contribution is 5.79. The van der Waals surface area contributed by atoms with Crippen molar-refractivity contribution < 1.29 is 28.2 Å². The Balaban J connectivity index is 1.66. The third kappa shape index (κ3) is 9.21. The van der Waals surface area contributed by atoms with Gasteiger partial charge in [0.15, 0.2) is 0 Å². The number of hydrogen-bond donors (Lipinski definition) is 4. The van der Waals surface area contributed by atoms with Gasteiger partial charge >= 0.3 is 6.09 Å². The molecule has 37 heavy (non-hydrogen) atoms. The maximum Gasteiger partial charge on any atom is 0.406 e.